The summed E-state index contributed by atoms with van der Waals surface area (Å²) in [5, 5.41) is 4.44. The highest BCUT2D eigenvalue weighted by Gasteiger charge is 2.23. The standard InChI is InChI=1S/C15H19N3O4/c1-5-18(8-12(19)21-6-2)15(20)11-7-9(3)16-14-13(11)10(4)17-22-14/h7H,5-6,8H2,1-4H3. The topological polar surface area (TPSA) is 85.5 Å². The number of carbonyl (C=O) groups excluding carboxylic acids is 2. The molecule has 7 nitrogen and oxygen atoms in total. The second-order valence-corrected chi connectivity index (χ2v) is 4.88. The first kappa shape index (κ1) is 15.9. The predicted molar refractivity (Wildman–Crippen MR) is 79.5 cm³/mol. The van der Waals surface area contributed by atoms with Crippen LogP contribution in [0.5, 0.6) is 0 Å². The molecule has 0 bridgehead atoms. The van der Waals surface area contributed by atoms with Crippen LogP contribution in [0.15, 0.2) is 10.6 Å². The van der Waals surface area contributed by atoms with Crippen molar-refractivity contribution >= 4 is 23.0 Å². The number of fused-ring (bicyclic) bond motifs is 1. The summed E-state index contributed by atoms with van der Waals surface area (Å²) in [6, 6.07) is 1.68. The number of ether oxygens (including phenoxy) is 1. The molecule has 2 aromatic heterocycles. The van der Waals surface area contributed by atoms with Crippen LogP contribution in [0, 0.1) is 13.8 Å². The van der Waals surface area contributed by atoms with Crippen molar-refractivity contribution in [1.29, 1.82) is 0 Å². The Hall–Kier alpha value is -2.44. The van der Waals surface area contributed by atoms with Crippen LogP contribution in [0.3, 0.4) is 0 Å². The first-order valence-electron chi connectivity index (χ1n) is 7.16. The fourth-order valence-electron chi connectivity index (χ4n) is 2.25. The summed E-state index contributed by atoms with van der Waals surface area (Å²) in [6.45, 7) is 7.65. The van der Waals surface area contributed by atoms with E-state index < -0.39 is 5.97 Å². The van der Waals surface area contributed by atoms with Crippen LogP contribution in [-0.2, 0) is 9.53 Å². The van der Waals surface area contributed by atoms with Gasteiger partial charge in [0.1, 0.15) is 6.54 Å². The number of aryl methyl sites for hydroxylation is 2. The van der Waals surface area contributed by atoms with Crippen molar-refractivity contribution in [2.24, 2.45) is 0 Å². The van der Waals surface area contributed by atoms with Gasteiger partial charge in [-0.05, 0) is 33.8 Å². The number of hydrogen-bond donors (Lipinski definition) is 0. The molecule has 2 aromatic rings. The Bertz CT molecular complexity index is 708. The van der Waals surface area contributed by atoms with Gasteiger partial charge in [0.2, 0.25) is 0 Å². The molecule has 0 N–H and O–H groups in total. The highest BCUT2D eigenvalue weighted by molar-refractivity contribution is 6.06. The summed E-state index contributed by atoms with van der Waals surface area (Å²) in [7, 11) is 0. The van der Waals surface area contributed by atoms with Gasteiger partial charge in [0, 0.05) is 12.2 Å². The van der Waals surface area contributed by atoms with E-state index in [0.717, 1.165) is 0 Å². The normalized spacial score (nSPS) is 10.7. The zero-order valence-electron chi connectivity index (χ0n) is 13.2. The van der Waals surface area contributed by atoms with E-state index in [1.165, 1.54) is 4.90 Å². The lowest BCUT2D eigenvalue weighted by atomic mass is 10.1. The van der Waals surface area contributed by atoms with Gasteiger partial charge in [-0.15, -0.1) is 0 Å². The monoisotopic (exact) mass is 305 g/mol. The van der Waals surface area contributed by atoms with Crippen molar-refractivity contribution < 1.29 is 18.8 Å². The number of aromatic nitrogens is 2. The minimum atomic E-state index is -0.429. The van der Waals surface area contributed by atoms with Gasteiger partial charge >= 0.3 is 5.97 Å². The van der Waals surface area contributed by atoms with Crippen LogP contribution in [0.1, 0.15) is 35.6 Å². The maximum Gasteiger partial charge on any atom is 0.325 e. The van der Waals surface area contributed by atoms with Crippen molar-refractivity contribution in [3.05, 3.63) is 23.0 Å². The van der Waals surface area contributed by atoms with Gasteiger partial charge in [-0.3, -0.25) is 9.59 Å². The van der Waals surface area contributed by atoms with Crippen molar-refractivity contribution in [2.75, 3.05) is 19.7 Å². The van der Waals surface area contributed by atoms with E-state index in [0.29, 0.717) is 34.6 Å². The highest BCUT2D eigenvalue weighted by atomic mass is 16.5. The van der Waals surface area contributed by atoms with Crippen LogP contribution in [0.25, 0.3) is 11.1 Å². The van der Waals surface area contributed by atoms with Gasteiger partial charge < -0.3 is 14.2 Å². The Balaban J connectivity index is 2.39. The number of carbonyl (C=O) groups is 2. The molecule has 7 heteroatoms. The molecule has 0 unspecified atom stereocenters. The quantitative estimate of drug-likeness (QED) is 0.784. The molecule has 0 spiro atoms. The minimum absolute atomic E-state index is 0.0869. The molecule has 0 aliphatic carbocycles. The van der Waals surface area contributed by atoms with Crippen LogP contribution >= 0.6 is 0 Å². The first-order chi connectivity index (χ1) is 10.5. The molecule has 0 aliphatic heterocycles. The number of rotatable bonds is 5. The van der Waals surface area contributed by atoms with E-state index in [4.69, 9.17) is 9.26 Å². The number of likely N-dealkylation sites (N-methyl/N-ethyl adjacent to an activating group) is 1. The van der Waals surface area contributed by atoms with Gasteiger partial charge in [-0.1, -0.05) is 5.16 Å². The minimum Gasteiger partial charge on any atom is -0.465 e. The fraction of sp³-hybridized carbons (Fsp3) is 0.467. The third kappa shape index (κ3) is 3.08. The van der Waals surface area contributed by atoms with Gasteiger partial charge in [0.25, 0.3) is 11.6 Å². The number of nitrogens with zero attached hydrogens (tertiary/aromatic N) is 3. The summed E-state index contributed by atoms with van der Waals surface area (Å²) < 4.78 is 10.0. The maximum atomic E-state index is 12.8. The Morgan fingerprint density at radius 1 is 1.32 bits per heavy atom. The molecular formula is C15H19N3O4. The van der Waals surface area contributed by atoms with Gasteiger partial charge in [0.05, 0.1) is 23.3 Å². The maximum absolute atomic E-state index is 12.8. The first-order valence-corrected chi connectivity index (χ1v) is 7.16. The third-order valence-electron chi connectivity index (χ3n) is 3.27. The fourth-order valence-corrected chi connectivity index (χ4v) is 2.25. The van der Waals surface area contributed by atoms with Crippen molar-refractivity contribution in [2.45, 2.75) is 27.7 Å². The number of amides is 1. The predicted octanol–water partition coefficient (Wildman–Crippen LogP) is 1.86. The molecule has 0 saturated carbocycles. The van der Waals surface area contributed by atoms with Crippen molar-refractivity contribution in [3.8, 4) is 0 Å². The Labute approximate surface area is 128 Å². The molecule has 0 aliphatic rings. The molecule has 2 rings (SSSR count). The van der Waals surface area contributed by atoms with E-state index in [-0.39, 0.29) is 19.1 Å². The van der Waals surface area contributed by atoms with Crippen LogP contribution in [0.4, 0.5) is 0 Å². The van der Waals surface area contributed by atoms with Crippen LogP contribution in [-0.4, -0.2) is 46.6 Å². The zero-order chi connectivity index (χ0) is 16.3. The molecule has 22 heavy (non-hydrogen) atoms. The number of esters is 1. The average molecular weight is 305 g/mol. The SMILES string of the molecule is CCOC(=O)CN(CC)C(=O)c1cc(C)nc2onc(C)c12. The van der Waals surface area contributed by atoms with Gasteiger partial charge in [-0.2, -0.15) is 0 Å². The lowest BCUT2D eigenvalue weighted by Gasteiger charge is -2.20. The molecular weight excluding hydrogens is 286 g/mol. The van der Waals surface area contributed by atoms with E-state index in [9.17, 15) is 9.59 Å². The summed E-state index contributed by atoms with van der Waals surface area (Å²) in [4.78, 5) is 30.0. The highest BCUT2D eigenvalue weighted by Crippen LogP contribution is 2.23. The molecule has 0 fully saturated rings. The Kier molecular flexibility index (Phi) is 4.75. The van der Waals surface area contributed by atoms with E-state index in [1.54, 1.807) is 26.8 Å². The van der Waals surface area contributed by atoms with E-state index in [2.05, 4.69) is 10.1 Å². The number of hydrogen-bond acceptors (Lipinski definition) is 6. The Morgan fingerprint density at radius 2 is 2.05 bits per heavy atom. The van der Waals surface area contributed by atoms with Crippen LogP contribution in [0.2, 0.25) is 0 Å². The van der Waals surface area contributed by atoms with Gasteiger partial charge in [0.15, 0.2) is 0 Å². The molecule has 0 atom stereocenters. The van der Waals surface area contributed by atoms with E-state index >= 15 is 0 Å². The van der Waals surface area contributed by atoms with Crippen molar-refractivity contribution in [1.82, 2.24) is 15.0 Å². The summed E-state index contributed by atoms with van der Waals surface area (Å²) in [6.07, 6.45) is 0. The second kappa shape index (κ2) is 6.55. The lowest BCUT2D eigenvalue weighted by Crippen LogP contribution is -2.36. The molecule has 1 amide bonds. The molecule has 118 valence electrons. The molecule has 0 saturated heterocycles. The Morgan fingerprint density at radius 3 is 2.68 bits per heavy atom. The van der Waals surface area contributed by atoms with Gasteiger partial charge in [-0.25, -0.2) is 4.98 Å². The summed E-state index contributed by atoms with van der Waals surface area (Å²) >= 11 is 0. The largest absolute Gasteiger partial charge is 0.465 e. The molecule has 0 aromatic carbocycles. The molecule has 0 radical (unpaired) electrons. The summed E-state index contributed by atoms with van der Waals surface area (Å²) in [5.74, 6) is -0.695. The zero-order valence-corrected chi connectivity index (χ0v) is 13.2. The smallest absolute Gasteiger partial charge is 0.325 e. The van der Waals surface area contributed by atoms with Crippen LogP contribution < -0.4 is 0 Å². The third-order valence-corrected chi connectivity index (χ3v) is 3.27. The number of pyridine rings is 1. The average Bonchev–Trinajstić information content (AvgIpc) is 2.84. The summed E-state index contributed by atoms with van der Waals surface area (Å²) in [5.41, 5.74) is 2.01. The second-order valence-electron chi connectivity index (χ2n) is 4.88. The lowest BCUT2D eigenvalue weighted by molar-refractivity contribution is -0.143. The molecule has 2 heterocycles. The van der Waals surface area contributed by atoms with E-state index in [1.807, 2.05) is 6.92 Å². The van der Waals surface area contributed by atoms with Crippen molar-refractivity contribution in [3.63, 3.8) is 0 Å².